The highest BCUT2D eigenvalue weighted by molar-refractivity contribution is 5.67. The van der Waals surface area contributed by atoms with Crippen LogP contribution in [0.5, 0.6) is 0 Å². The summed E-state index contributed by atoms with van der Waals surface area (Å²) in [5, 5.41) is 8.15. The summed E-state index contributed by atoms with van der Waals surface area (Å²) in [5.41, 5.74) is 0. The third kappa shape index (κ3) is 58.6. The van der Waals surface area contributed by atoms with Gasteiger partial charge in [-0.3, -0.25) is 0 Å². The Balaban J connectivity index is -0.000000106. The number of carboxylic acid groups (broad SMARTS) is 1. The molecule has 0 bridgehead atoms. The Hall–Kier alpha value is -0.690. The molecule has 0 aromatic rings. The van der Waals surface area contributed by atoms with Crippen molar-refractivity contribution in [3.05, 3.63) is 0 Å². The lowest BCUT2D eigenvalue weighted by molar-refractivity contribution is -0.142. The zero-order valence-corrected chi connectivity index (χ0v) is 20.5. The normalized spacial score (nSPS) is 9.90. The van der Waals surface area contributed by atoms with Crippen LogP contribution in [0.3, 0.4) is 0 Å². The molecule has 6 nitrogen and oxygen atoms in total. The highest BCUT2D eigenvalue weighted by Gasteiger charge is 1.97. The summed E-state index contributed by atoms with van der Waals surface area (Å²) < 4.78 is 20.2. The Bertz CT molecular complexity index is 306. The van der Waals surface area contributed by atoms with Crippen molar-refractivity contribution < 1.29 is 28.8 Å². The maximum atomic E-state index is 9.92. The minimum absolute atomic E-state index is 0. The zero-order chi connectivity index (χ0) is 22.9. The Kier molecular flexibility index (Phi) is 44.5. The molecule has 0 rings (SSSR count). The second kappa shape index (κ2) is 33.9. The highest BCUT2D eigenvalue weighted by atomic mass is 16.5. The van der Waals surface area contributed by atoms with E-state index in [-0.39, 0.29) is 21.5 Å². The van der Waals surface area contributed by atoms with Crippen molar-refractivity contribution in [1.29, 1.82) is 0 Å². The van der Waals surface area contributed by atoms with Crippen molar-refractivity contribution in [1.82, 2.24) is 0 Å². The molecule has 31 heavy (non-hydrogen) atoms. The summed E-state index contributed by atoms with van der Waals surface area (Å²) >= 11 is 0. The monoisotopic (exact) mass is 454 g/mol. The van der Waals surface area contributed by atoms with Gasteiger partial charge in [0.15, 0.2) is 0 Å². The standard InChI is InChI=1S/C8H18O2.C8H18O.C7H14O3.2CH4/c1-8(2)4-5-10-7-6-9-3;1-4-6-9-7-5-8(2)3;1-6(2)3-4-10-5-7(8)9;;/h8H,4-7H2,1-3H3;8H,4-7H2,1-3H3;6H,3-5H2,1-2H3,(H,8,9);2*1H4. The predicted octanol–water partition coefficient (Wildman–Crippen LogP) is 6.56. The average Bonchev–Trinajstić information content (AvgIpc) is 2.63. The van der Waals surface area contributed by atoms with Gasteiger partial charge < -0.3 is 24.1 Å². The SMILES string of the molecule is C.C.CC(C)CCOCC(=O)O.CCCOCCC(C)C.COCCOCCC(C)C. The van der Waals surface area contributed by atoms with Crippen molar-refractivity contribution in [3.63, 3.8) is 0 Å². The van der Waals surface area contributed by atoms with Crippen LogP contribution in [0.4, 0.5) is 0 Å². The van der Waals surface area contributed by atoms with E-state index in [4.69, 9.17) is 24.1 Å². The minimum atomic E-state index is -0.899. The largest absolute Gasteiger partial charge is 0.480 e. The Morgan fingerprint density at radius 3 is 1.39 bits per heavy atom. The number of hydrogen-bond donors (Lipinski definition) is 1. The van der Waals surface area contributed by atoms with E-state index in [1.165, 1.54) is 6.42 Å². The summed E-state index contributed by atoms with van der Waals surface area (Å²) in [5.74, 6) is 1.20. The molecule has 194 valence electrons. The molecule has 0 fully saturated rings. The molecule has 0 heterocycles. The van der Waals surface area contributed by atoms with Gasteiger partial charge in [0.2, 0.25) is 0 Å². The molecular weight excluding hydrogens is 396 g/mol. The van der Waals surface area contributed by atoms with Crippen LogP contribution in [0, 0.1) is 17.8 Å². The number of aliphatic carboxylic acids is 1. The van der Waals surface area contributed by atoms with E-state index in [1.807, 2.05) is 0 Å². The van der Waals surface area contributed by atoms with Gasteiger partial charge in [0.1, 0.15) is 6.61 Å². The fraction of sp³-hybridized carbons (Fsp3) is 0.960. The third-order valence-electron chi connectivity index (χ3n) is 3.52. The van der Waals surface area contributed by atoms with Gasteiger partial charge in [0.05, 0.1) is 13.2 Å². The van der Waals surface area contributed by atoms with Crippen LogP contribution in [0.25, 0.3) is 0 Å². The van der Waals surface area contributed by atoms with E-state index >= 15 is 0 Å². The Morgan fingerprint density at radius 2 is 1.06 bits per heavy atom. The van der Waals surface area contributed by atoms with Crippen molar-refractivity contribution in [2.24, 2.45) is 17.8 Å². The first-order chi connectivity index (χ1) is 13.7. The van der Waals surface area contributed by atoms with E-state index in [0.717, 1.165) is 57.5 Å². The maximum Gasteiger partial charge on any atom is 0.329 e. The molecule has 0 amide bonds. The first-order valence-electron chi connectivity index (χ1n) is 11.1. The fourth-order valence-electron chi connectivity index (χ4n) is 1.61. The minimum Gasteiger partial charge on any atom is -0.480 e. The molecule has 6 heteroatoms. The van der Waals surface area contributed by atoms with E-state index in [1.54, 1.807) is 7.11 Å². The summed E-state index contributed by atoms with van der Waals surface area (Å²) in [4.78, 5) is 9.92. The summed E-state index contributed by atoms with van der Waals surface area (Å²) in [6, 6.07) is 0. The van der Waals surface area contributed by atoms with Crippen LogP contribution < -0.4 is 0 Å². The lowest BCUT2D eigenvalue weighted by Gasteiger charge is -2.04. The second-order valence-corrected chi connectivity index (χ2v) is 8.21. The molecular formula is C25H58O6. The molecule has 0 unspecified atom stereocenters. The van der Waals surface area contributed by atoms with E-state index in [0.29, 0.717) is 19.1 Å². The first-order valence-corrected chi connectivity index (χ1v) is 11.1. The molecule has 0 atom stereocenters. The molecule has 0 aromatic heterocycles. The van der Waals surface area contributed by atoms with Crippen molar-refractivity contribution in [2.75, 3.05) is 53.4 Å². The number of hydrogen-bond acceptors (Lipinski definition) is 5. The van der Waals surface area contributed by atoms with Gasteiger partial charge in [0.25, 0.3) is 0 Å². The van der Waals surface area contributed by atoms with Gasteiger partial charge in [-0.15, -0.1) is 0 Å². The van der Waals surface area contributed by atoms with Crippen LogP contribution in [0.2, 0.25) is 0 Å². The molecule has 0 saturated heterocycles. The number of rotatable bonds is 16. The lowest BCUT2D eigenvalue weighted by atomic mass is 10.1. The lowest BCUT2D eigenvalue weighted by Crippen LogP contribution is -2.08. The predicted molar refractivity (Wildman–Crippen MR) is 134 cm³/mol. The summed E-state index contributed by atoms with van der Waals surface area (Å²) in [6.45, 7) is 19.6. The molecule has 0 aromatic carbocycles. The average molecular weight is 455 g/mol. The number of ether oxygens (including phenoxy) is 4. The number of carboxylic acids is 1. The topological polar surface area (TPSA) is 74.2 Å². The van der Waals surface area contributed by atoms with E-state index in [9.17, 15) is 4.79 Å². The smallest absolute Gasteiger partial charge is 0.329 e. The van der Waals surface area contributed by atoms with Crippen LogP contribution in [-0.4, -0.2) is 64.4 Å². The summed E-state index contributed by atoms with van der Waals surface area (Å²) in [6.07, 6.45) is 4.40. The van der Waals surface area contributed by atoms with Crippen molar-refractivity contribution >= 4 is 5.97 Å². The molecule has 1 N–H and O–H groups in total. The van der Waals surface area contributed by atoms with E-state index < -0.39 is 5.97 Å². The van der Waals surface area contributed by atoms with Crippen molar-refractivity contribution in [3.8, 4) is 0 Å². The van der Waals surface area contributed by atoms with Gasteiger partial charge in [-0.1, -0.05) is 63.3 Å². The summed E-state index contributed by atoms with van der Waals surface area (Å²) in [7, 11) is 1.69. The molecule has 0 aliphatic carbocycles. The maximum absolute atomic E-state index is 9.92. The third-order valence-corrected chi connectivity index (χ3v) is 3.52. The Labute approximate surface area is 195 Å². The van der Waals surface area contributed by atoms with Crippen molar-refractivity contribution in [2.45, 2.75) is 89.0 Å². The van der Waals surface area contributed by atoms with Gasteiger partial charge in [-0.25, -0.2) is 4.79 Å². The number of carbonyl (C=O) groups is 1. The molecule has 0 radical (unpaired) electrons. The van der Waals surface area contributed by atoms with Gasteiger partial charge in [0, 0.05) is 33.5 Å². The second-order valence-electron chi connectivity index (χ2n) is 8.21. The van der Waals surface area contributed by atoms with Gasteiger partial charge in [-0.05, 0) is 43.4 Å². The van der Waals surface area contributed by atoms with Crippen LogP contribution in [0.1, 0.15) is 89.0 Å². The van der Waals surface area contributed by atoms with Gasteiger partial charge in [-0.2, -0.15) is 0 Å². The quantitative estimate of drug-likeness (QED) is 0.266. The Morgan fingerprint density at radius 1 is 0.677 bits per heavy atom. The van der Waals surface area contributed by atoms with Crippen LogP contribution >= 0.6 is 0 Å². The highest BCUT2D eigenvalue weighted by Crippen LogP contribution is 1.99. The zero-order valence-electron chi connectivity index (χ0n) is 20.5. The molecule has 0 aliphatic rings. The van der Waals surface area contributed by atoms with Crippen LogP contribution in [-0.2, 0) is 23.7 Å². The molecule has 0 spiro atoms. The van der Waals surface area contributed by atoms with E-state index in [2.05, 4.69) is 48.5 Å². The molecule has 0 saturated carbocycles. The van der Waals surface area contributed by atoms with Gasteiger partial charge >= 0.3 is 5.97 Å². The van der Waals surface area contributed by atoms with Crippen LogP contribution in [0.15, 0.2) is 0 Å². The first kappa shape index (κ1) is 40.6. The molecule has 0 aliphatic heterocycles. The number of methoxy groups -OCH3 is 1. The fourth-order valence-corrected chi connectivity index (χ4v) is 1.61.